The number of hydrogen-bond donors (Lipinski definition) is 0. The molecule has 3 nitrogen and oxygen atoms in total. The lowest BCUT2D eigenvalue weighted by Crippen LogP contribution is -2.19. The summed E-state index contributed by atoms with van der Waals surface area (Å²) >= 11 is 5.86. The Morgan fingerprint density at radius 2 is 1.95 bits per heavy atom. The Kier molecular flexibility index (Phi) is 3.62. The normalized spacial score (nSPS) is 15.7. The van der Waals surface area contributed by atoms with Gasteiger partial charge in [-0.1, -0.05) is 11.6 Å². The lowest BCUT2D eigenvalue weighted by atomic mass is 9.99. The summed E-state index contributed by atoms with van der Waals surface area (Å²) in [4.78, 5) is 17.0. The fourth-order valence-corrected chi connectivity index (χ4v) is 2.93. The monoisotopic (exact) mass is 288 g/mol. The largest absolute Gasteiger partial charge is 0.324 e. The van der Waals surface area contributed by atoms with Crippen LogP contribution >= 0.6 is 11.6 Å². The average Bonchev–Trinajstić information content (AvgIpc) is 2.90. The molecule has 0 radical (unpaired) electrons. The van der Waals surface area contributed by atoms with Crippen LogP contribution in [0.1, 0.15) is 47.6 Å². The third-order valence-corrected chi connectivity index (χ3v) is 4.24. The number of fused-ring (bicyclic) bond motifs is 1. The van der Waals surface area contributed by atoms with Gasteiger partial charge in [-0.3, -0.25) is 4.79 Å². The number of aromatic nitrogens is 2. The van der Waals surface area contributed by atoms with E-state index in [1.54, 1.807) is 24.3 Å². The van der Waals surface area contributed by atoms with E-state index in [1.807, 2.05) is 17.8 Å². The number of hydrogen-bond acceptors (Lipinski definition) is 2. The number of carbonyl (C=O) groups is 1. The Morgan fingerprint density at radius 3 is 2.70 bits per heavy atom. The van der Waals surface area contributed by atoms with Gasteiger partial charge in [0.1, 0.15) is 0 Å². The van der Waals surface area contributed by atoms with Gasteiger partial charge >= 0.3 is 0 Å². The molecule has 1 aromatic heterocycles. The van der Waals surface area contributed by atoms with Crippen LogP contribution in [0.15, 0.2) is 30.6 Å². The van der Waals surface area contributed by atoms with Crippen molar-refractivity contribution < 1.29 is 4.79 Å². The summed E-state index contributed by atoms with van der Waals surface area (Å²) in [5.74, 6) is 0.104. The van der Waals surface area contributed by atoms with Crippen LogP contribution < -0.4 is 0 Å². The van der Waals surface area contributed by atoms with Crippen LogP contribution in [-0.4, -0.2) is 15.3 Å². The topological polar surface area (TPSA) is 34.9 Å². The van der Waals surface area contributed by atoms with Gasteiger partial charge in [-0.25, -0.2) is 4.98 Å². The van der Waals surface area contributed by atoms with E-state index in [4.69, 9.17) is 11.6 Å². The Hall–Kier alpha value is -1.61. The molecule has 0 saturated carbocycles. The van der Waals surface area contributed by atoms with Crippen molar-refractivity contribution in [3.63, 3.8) is 0 Å². The molecule has 0 amide bonds. The molecule has 0 spiro atoms. The van der Waals surface area contributed by atoms with E-state index in [1.165, 1.54) is 18.5 Å². The van der Waals surface area contributed by atoms with Gasteiger partial charge in [0.15, 0.2) is 5.78 Å². The summed E-state index contributed by atoms with van der Waals surface area (Å²) < 4.78 is 2.03. The first-order valence-corrected chi connectivity index (χ1v) is 7.39. The predicted octanol–water partition coefficient (Wildman–Crippen LogP) is 3.86. The highest BCUT2D eigenvalue weighted by molar-refractivity contribution is 6.30. The van der Waals surface area contributed by atoms with Gasteiger partial charge in [0, 0.05) is 16.3 Å². The van der Waals surface area contributed by atoms with E-state index in [0.29, 0.717) is 10.6 Å². The number of nitrogens with zero attached hydrogens (tertiary/aromatic N) is 2. The van der Waals surface area contributed by atoms with Crippen LogP contribution in [-0.2, 0) is 12.8 Å². The summed E-state index contributed by atoms with van der Waals surface area (Å²) in [5, 5.41) is 0.647. The number of ketones is 1. The molecule has 1 heterocycles. The molecule has 1 atom stereocenters. The van der Waals surface area contributed by atoms with Crippen molar-refractivity contribution in [3.05, 3.63) is 52.6 Å². The minimum Gasteiger partial charge on any atom is -0.324 e. The van der Waals surface area contributed by atoms with E-state index in [-0.39, 0.29) is 11.8 Å². The molecule has 0 aliphatic heterocycles. The van der Waals surface area contributed by atoms with Gasteiger partial charge < -0.3 is 4.57 Å². The zero-order valence-corrected chi connectivity index (χ0v) is 12.2. The van der Waals surface area contributed by atoms with Crippen LogP contribution in [0.4, 0.5) is 0 Å². The Morgan fingerprint density at radius 1 is 1.25 bits per heavy atom. The van der Waals surface area contributed by atoms with Crippen molar-refractivity contribution in [2.75, 3.05) is 0 Å². The lowest BCUT2D eigenvalue weighted by molar-refractivity contribution is 0.0933. The number of halogens is 1. The quantitative estimate of drug-likeness (QED) is 0.804. The van der Waals surface area contributed by atoms with Crippen LogP contribution in [0.5, 0.6) is 0 Å². The molecule has 1 aromatic carbocycles. The van der Waals surface area contributed by atoms with Crippen LogP contribution in [0.25, 0.3) is 0 Å². The van der Waals surface area contributed by atoms with Gasteiger partial charge in [0.2, 0.25) is 0 Å². The first kappa shape index (κ1) is 13.4. The molecule has 20 heavy (non-hydrogen) atoms. The van der Waals surface area contributed by atoms with Crippen molar-refractivity contribution in [2.45, 2.75) is 38.6 Å². The van der Waals surface area contributed by atoms with E-state index in [0.717, 1.165) is 18.5 Å². The van der Waals surface area contributed by atoms with E-state index in [9.17, 15) is 4.79 Å². The second-order valence-electron chi connectivity index (χ2n) is 5.30. The van der Waals surface area contributed by atoms with Crippen molar-refractivity contribution >= 4 is 17.4 Å². The Balaban J connectivity index is 1.88. The number of imidazole rings is 1. The second-order valence-corrected chi connectivity index (χ2v) is 5.74. The smallest absolute Gasteiger partial charge is 0.185 e. The van der Waals surface area contributed by atoms with Gasteiger partial charge in [0.25, 0.3) is 0 Å². The maximum Gasteiger partial charge on any atom is 0.185 e. The number of carbonyl (C=O) groups excluding carboxylic acids is 1. The standard InChI is InChI=1S/C16H17ClN2O/c1-11(16(20)12-6-8-13(17)9-7-12)19-10-18-14-4-2-3-5-15(14)19/h6-11H,2-5H2,1H3. The van der Waals surface area contributed by atoms with Crippen molar-refractivity contribution in [3.8, 4) is 0 Å². The van der Waals surface area contributed by atoms with Gasteiger partial charge in [-0.05, 0) is 56.9 Å². The molecule has 104 valence electrons. The molecule has 1 aliphatic carbocycles. The van der Waals surface area contributed by atoms with Gasteiger partial charge in [-0.15, -0.1) is 0 Å². The first-order chi connectivity index (χ1) is 9.66. The molecule has 0 fully saturated rings. The average molecular weight is 289 g/mol. The van der Waals surface area contributed by atoms with Gasteiger partial charge in [0.05, 0.1) is 18.1 Å². The maximum absolute atomic E-state index is 12.5. The maximum atomic E-state index is 12.5. The number of benzene rings is 1. The first-order valence-electron chi connectivity index (χ1n) is 7.01. The number of aryl methyl sites for hydroxylation is 1. The van der Waals surface area contributed by atoms with Gasteiger partial charge in [-0.2, -0.15) is 0 Å². The molecule has 4 heteroatoms. The summed E-state index contributed by atoms with van der Waals surface area (Å²) in [6.45, 7) is 1.94. The van der Waals surface area contributed by atoms with Crippen LogP contribution in [0.2, 0.25) is 5.02 Å². The van der Waals surface area contributed by atoms with Crippen molar-refractivity contribution in [1.29, 1.82) is 0 Å². The molecule has 0 N–H and O–H groups in total. The minimum absolute atomic E-state index is 0.104. The summed E-state index contributed by atoms with van der Waals surface area (Å²) in [5.41, 5.74) is 3.08. The molecule has 0 bridgehead atoms. The fraction of sp³-hybridized carbons (Fsp3) is 0.375. The molecule has 2 aromatic rings. The SMILES string of the molecule is CC(C(=O)c1ccc(Cl)cc1)n1cnc2c1CCCC2. The zero-order chi connectivity index (χ0) is 14.1. The van der Waals surface area contributed by atoms with Crippen LogP contribution in [0.3, 0.4) is 0 Å². The molecule has 1 unspecified atom stereocenters. The fourth-order valence-electron chi connectivity index (χ4n) is 2.81. The highest BCUT2D eigenvalue weighted by Crippen LogP contribution is 2.25. The van der Waals surface area contributed by atoms with E-state index in [2.05, 4.69) is 4.98 Å². The molecular formula is C16H17ClN2O. The second kappa shape index (κ2) is 5.41. The van der Waals surface area contributed by atoms with E-state index >= 15 is 0 Å². The molecule has 3 rings (SSSR count). The third-order valence-electron chi connectivity index (χ3n) is 3.99. The summed E-state index contributed by atoms with van der Waals surface area (Å²) in [7, 11) is 0. The summed E-state index contributed by atoms with van der Waals surface area (Å²) in [6.07, 6.45) is 6.25. The molecular weight excluding hydrogens is 272 g/mol. The Labute approximate surface area is 123 Å². The highest BCUT2D eigenvalue weighted by atomic mass is 35.5. The summed E-state index contributed by atoms with van der Waals surface area (Å²) in [6, 6.07) is 6.86. The third kappa shape index (κ3) is 2.38. The molecule has 1 aliphatic rings. The predicted molar refractivity (Wildman–Crippen MR) is 79.4 cm³/mol. The van der Waals surface area contributed by atoms with Crippen LogP contribution in [0, 0.1) is 0 Å². The highest BCUT2D eigenvalue weighted by Gasteiger charge is 2.23. The van der Waals surface area contributed by atoms with Crippen molar-refractivity contribution in [2.24, 2.45) is 0 Å². The molecule has 0 saturated heterocycles. The van der Waals surface area contributed by atoms with E-state index < -0.39 is 0 Å². The van der Waals surface area contributed by atoms with Crippen molar-refractivity contribution in [1.82, 2.24) is 9.55 Å². The minimum atomic E-state index is -0.217. The number of rotatable bonds is 3. The Bertz CT molecular complexity index is 630. The number of Topliss-reactive ketones (excluding diaryl/α,β-unsaturated/α-hetero) is 1. The zero-order valence-electron chi connectivity index (χ0n) is 11.5. The lowest BCUT2D eigenvalue weighted by Gasteiger charge is -2.18.